The molecule has 0 saturated carbocycles. The average Bonchev–Trinajstić information content (AvgIpc) is 2.93. The Kier molecular flexibility index (Phi) is 3.52. The number of aromatic nitrogens is 1. The molecule has 2 N–H and O–H groups in total. The Morgan fingerprint density at radius 2 is 2.05 bits per heavy atom. The molecular formula is C13H19FN4O. The predicted molar refractivity (Wildman–Crippen MR) is 71.6 cm³/mol. The molecule has 2 saturated heterocycles. The highest BCUT2D eigenvalue weighted by Gasteiger charge is 2.28. The van der Waals surface area contributed by atoms with Crippen molar-refractivity contribution in [1.29, 1.82) is 0 Å². The van der Waals surface area contributed by atoms with Crippen molar-refractivity contribution in [3.05, 3.63) is 18.2 Å². The SMILES string of the molecule is Nc1cncc(F)c1N1CCN([C@H]2CCOC2)CC1. The van der Waals surface area contributed by atoms with Gasteiger partial charge in [0, 0.05) is 38.8 Å². The van der Waals surface area contributed by atoms with E-state index in [-0.39, 0.29) is 5.82 Å². The van der Waals surface area contributed by atoms with Crippen molar-refractivity contribution in [2.45, 2.75) is 12.5 Å². The molecular weight excluding hydrogens is 247 g/mol. The minimum absolute atomic E-state index is 0.336. The Hall–Kier alpha value is -1.40. The summed E-state index contributed by atoms with van der Waals surface area (Å²) in [6.07, 6.45) is 3.84. The minimum atomic E-state index is -0.336. The summed E-state index contributed by atoms with van der Waals surface area (Å²) in [5, 5.41) is 0. The van der Waals surface area contributed by atoms with Crippen LogP contribution in [0.2, 0.25) is 0 Å². The molecule has 1 atom stereocenters. The molecule has 2 fully saturated rings. The first-order chi connectivity index (χ1) is 9.25. The first-order valence-corrected chi connectivity index (χ1v) is 6.71. The molecule has 104 valence electrons. The van der Waals surface area contributed by atoms with E-state index in [2.05, 4.69) is 9.88 Å². The largest absolute Gasteiger partial charge is 0.396 e. The molecule has 2 aliphatic rings. The number of hydrogen-bond donors (Lipinski definition) is 1. The van der Waals surface area contributed by atoms with Crippen LogP contribution < -0.4 is 10.6 Å². The summed E-state index contributed by atoms with van der Waals surface area (Å²) in [4.78, 5) is 8.21. The minimum Gasteiger partial charge on any atom is -0.396 e. The summed E-state index contributed by atoms with van der Waals surface area (Å²) in [6.45, 7) is 5.12. The van der Waals surface area contributed by atoms with Crippen LogP contribution in [0.25, 0.3) is 0 Å². The molecule has 0 amide bonds. The lowest BCUT2D eigenvalue weighted by Gasteiger charge is -2.39. The van der Waals surface area contributed by atoms with Gasteiger partial charge in [-0.1, -0.05) is 0 Å². The van der Waals surface area contributed by atoms with E-state index in [1.165, 1.54) is 12.4 Å². The zero-order valence-corrected chi connectivity index (χ0v) is 10.9. The van der Waals surface area contributed by atoms with E-state index in [1.54, 1.807) is 0 Å². The fourth-order valence-electron chi connectivity index (χ4n) is 2.90. The standard InChI is InChI=1S/C13H19FN4O/c14-11-7-16-8-12(15)13(11)18-4-2-17(3-5-18)10-1-6-19-9-10/h7-8,10H,1-6,9,15H2/t10-/m0/s1. The third-order valence-electron chi connectivity index (χ3n) is 3.95. The van der Waals surface area contributed by atoms with Crippen LogP contribution in [0.3, 0.4) is 0 Å². The maximum Gasteiger partial charge on any atom is 0.166 e. The van der Waals surface area contributed by atoms with Crippen LogP contribution in [0.15, 0.2) is 12.4 Å². The molecule has 0 aliphatic carbocycles. The van der Waals surface area contributed by atoms with E-state index in [4.69, 9.17) is 10.5 Å². The van der Waals surface area contributed by atoms with Crippen molar-refractivity contribution < 1.29 is 9.13 Å². The van der Waals surface area contributed by atoms with Gasteiger partial charge in [-0.15, -0.1) is 0 Å². The van der Waals surface area contributed by atoms with Crippen LogP contribution in [-0.2, 0) is 4.74 Å². The van der Waals surface area contributed by atoms with Crippen molar-refractivity contribution in [1.82, 2.24) is 9.88 Å². The van der Waals surface area contributed by atoms with Crippen molar-refractivity contribution >= 4 is 11.4 Å². The van der Waals surface area contributed by atoms with E-state index >= 15 is 0 Å². The number of ether oxygens (including phenoxy) is 1. The number of nitrogen functional groups attached to an aromatic ring is 1. The fourth-order valence-corrected chi connectivity index (χ4v) is 2.90. The second-order valence-corrected chi connectivity index (χ2v) is 5.10. The third kappa shape index (κ3) is 2.50. The molecule has 3 heterocycles. The number of rotatable bonds is 2. The van der Waals surface area contributed by atoms with Crippen LogP contribution in [-0.4, -0.2) is 55.3 Å². The van der Waals surface area contributed by atoms with Gasteiger partial charge in [-0.25, -0.2) is 4.39 Å². The molecule has 2 aliphatic heterocycles. The first-order valence-electron chi connectivity index (χ1n) is 6.71. The zero-order chi connectivity index (χ0) is 13.2. The van der Waals surface area contributed by atoms with Gasteiger partial charge >= 0.3 is 0 Å². The van der Waals surface area contributed by atoms with E-state index in [0.717, 1.165) is 45.8 Å². The lowest BCUT2D eigenvalue weighted by Crippen LogP contribution is -2.51. The van der Waals surface area contributed by atoms with Crippen molar-refractivity contribution in [3.63, 3.8) is 0 Å². The monoisotopic (exact) mass is 266 g/mol. The second-order valence-electron chi connectivity index (χ2n) is 5.10. The molecule has 6 heteroatoms. The van der Waals surface area contributed by atoms with E-state index in [1.807, 2.05) is 4.90 Å². The van der Waals surface area contributed by atoms with E-state index in [9.17, 15) is 4.39 Å². The van der Waals surface area contributed by atoms with Gasteiger partial charge in [0.15, 0.2) is 5.82 Å². The Morgan fingerprint density at radius 1 is 1.26 bits per heavy atom. The fraction of sp³-hybridized carbons (Fsp3) is 0.615. The third-order valence-corrected chi connectivity index (χ3v) is 3.95. The van der Waals surface area contributed by atoms with Gasteiger partial charge in [0.25, 0.3) is 0 Å². The number of pyridine rings is 1. The summed E-state index contributed by atoms with van der Waals surface area (Å²) in [7, 11) is 0. The van der Waals surface area contributed by atoms with Crippen LogP contribution >= 0.6 is 0 Å². The maximum absolute atomic E-state index is 13.8. The van der Waals surface area contributed by atoms with Gasteiger partial charge in [-0.3, -0.25) is 9.88 Å². The molecule has 1 aromatic heterocycles. The van der Waals surface area contributed by atoms with Crippen LogP contribution in [0, 0.1) is 5.82 Å². The zero-order valence-electron chi connectivity index (χ0n) is 10.9. The smallest absolute Gasteiger partial charge is 0.166 e. The van der Waals surface area contributed by atoms with Gasteiger partial charge in [-0.05, 0) is 6.42 Å². The molecule has 19 heavy (non-hydrogen) atoms. The molecule has 0 unspecified atom stereocenters. The number of anilines is 2. The molecule has 0 radical (unpaired) electrons. The van der Waals surface area contributed by atoms with Crippen molar-refractivity contribution in [2.24, 2.45) is 0 Å². The normalized spacial score (nSPS) is 24.9. The van der Waals surface area contributed by atoms with Crippen molar-refractivity contribution in [3.8, 4) is 0 Å². The summed E-state index contributed by atoms with van der Waals surface area (Å²) in [6, 6.07) is 0.529. The molecule has 0 aromatic carbocycles. The van der Waals surface area contributed by atoms with Gasteiger partial charge < -0.3 is 15.4 Å². The highest BCUT2D eigenvalue weighted by Crippen LogP contribution is 2.27. The number of halogens is 1. The Labute approximate surface area is 112 Å². The maximum atomic E-state index is 13.8. The molecule has 1 aromatic rings. The number of nitrogens with two attached hydrogens (primary N) is 1. The predicted octanol–water partition coefficient (Wildman–Crippen LogP) is 0.714. The van der Waals surface area contributed by atoms with Crippen LogP contribution in [0.5, 0.6) is 0 Å². The highest BCUT2D eigenvalue weighted by molar-refractivity contribution is 5.67. The second kappa shape index (κ2) is 5.30. The van der Waals surface area contributed by atoms with Crippen LogP contribution in [0.4, 0.5) is 15.8 Å². The van der Waals surface area contributed by atoms with Crippen molar-refractivity contribution in [2.75, 3.05) is 50.0 Å². The summed E-state index contributed by atoms with van der Waals surface area (Å²) in [5.41, 5.74) is 6.74. The number of hydrogen-bond acceptors (Lipinski definition) is 5. The molecule has 5 nitrogen and oxygen atoms in total. The molecule has 0 bridgehead atoms. The lowest BCUT2D eigenvalue weighted by atomic mass is 10.1. The van der Waals surface area contributed by atoms with Gasteiger partial charge in [0.1, 0.15) is 0 Å². The van der Waals surface area contributed by atoms with E-state index < -0.39 is 0 Å². The molecule has 0 spiro atoms. The van der Waals surface area contributed by atoms with Gasteiger partial charge in [0.05, 0.1) is 30.4 Å². The van der Waals surface area contributed by atoms with Gasteiger partial charge in [0.2, 0.25) is 0 Å². The average molecular weight is 266 g/mol. The summed E-state index contributed by atoms with van der Waals surface area (Å²) in [5.74, 6) is -0.336. The summed E-state index contributed by atoms with van der Waals surface area (Å²) < 4.78 is 19.2. The number of nitrogens with zero attached hydrogens (tertiary/aromatic N) is 3. The lowest BCUT2D eigenvalue weighted by molar-refractivity contribution is 0.139. The Bertz CT molecular complexity index is 422. The quantitative estimate of drug-likeness (QED) is 0.854. The van der Waals surface area contributed by atoms with Crippen LogP contribution in [0.1, 0.15) is 6.42 Å². The Morgan fingerprint density at radius 3 is 2.68 bits per heavy atom. The van der Waals surface area contributed by atoms with E-state index in [0.29, 0.717) is 17.4 Å². The molecule has 3 rings (SSSR count). The number of piperazine rings is 1. The highest BCUT2D eigenvalue weighted by atomic mass is 19.1. The first kappa shape index (κ1) is 12.6. The summed E-state index contributed by atoms with van der Waals surface area (Å²) >= 11 is 0. The topological polar surface area (TPSA) is 54.6 Å². The van der Waals surface area contributed by atoms with Gasteiger partial charge in [-0.2, -0.15) is 0 Å². The Balaban J connectivity index is 1.66.